The van der Waals surface area contributed by atoms with Crippen LogP contribution in [0.4, 0.5) is 0 Å². The van der Waals surface area contributed by atoms with E-state index in [1.54, 1.807) is 0 Å². The summed E-state index contributed by atoms with van der Waals surface area (Å²) in [5, 5.41) is 4.14. The Kier molecular flexibility index (Phi) is 2.46. The molecule has 2 N–H and O–H groups in total. The highest BCUT2D eigenvalue weighted by atomic mass is 35.5. The van der Waals surface area contributed by atoms with Crippen molar-refractivity contribution in [3.05, 3.63) is 46.6 Å². The van der Waals surface area contributed by atoms with Crippen LogP contribution < -0.4 is 5.32 Å². The van der Waals surface area contributed by atoms with Crippen molar-refractivity contribution in [3.8, 4) is 11.3 Å². The van der Waals surface area contributed by atoms with Crippen molar-refractivity contribution in [1.29, 1.82) is 0 Å². The number of benzene rings is 1. The third-order valence-corrected chi connectivity index (χ3v) is 3.24. The molecule has 0 saturated carbocycles. The summed E-state index contributed by atoms with van der Waals surface area (Å²) in [6.07, 6.45) is 1.10. The van der Waals surface area contributed by atoms with E-state index in [1.807, 2.05) is 18.2 Å². The Morgan fingerprint density at radius 1 is 1.19 bits per heavy atom. The average Bonchev–Trinajstić information content (AvgIpc) is 2.72. The van der Waals surface area contributed by atoms with Crippen LogP contribution in [0.1, 0.15) is 11.3 Å². The second-order valence-electron chi connectivity index (χ2n) is 4.12. The number of rotatable bonds is 1. The minimum absolute atomic E-state index is 0.781. The maximum atomic E-state index is 6.00. The Hall–Kier alpha value is -1.25. The molecule has 16 heavy (non-hydrogen) atoms. The quantitative estimate of drug-likeness (QED) is 0.777. The molecule has 3 rings (SSSR count). The van der Waals surface area contributed by atoms with Gasteiger partial charge in [0.25, 0.3) is 0 Å². The molecule has 0 aliphatic carbocycles. The molecule has 1 aromatic carbocycles. The molecule has 0 radical (unpaired) electrons. The molecule has 0 spiro atoms. The van der Waals surface area contributed by atoms with E-state index in [0.29, 0.717) is 0 Å². The van der Waals surface area contributed by atoms with Gasteiger partial charge in [-0.3, -0.25) is 0 Å². The van der Waals surface area contributed by atoms with E-state index in [9.17, 15) is 0 Å². The van der Waals surface area contributed by atoms with Crippen LogP contribution >= 0.6 is 11.6 Å². The van der Waals surface area contributed by atoms with Crippen molar-refractivity contribution < 1.29 is 0 Å². The fraction of sp³-hybridized carbons (Fsp3) is 0.231. The lowest BCUT2D eigenvalue weighted by atomic mass is 10.1. The lowest BCUT2D eigenvalue weighted by molar-refractivity contribution is 0.635. The van der Waals surface area contributed by atoms with Crippen molar-refractivity contribution in [1.82, 2.24) is 10.3 Å². The van der Waals surface area contributed by atoms with Gasteiger partial charge in [0.1, 0.15) is 0 Å². The van der Waals surface area contributed by atoms with Gasteiger partial charge in [0, 0.05) is 23.0 Å². The van der Waals surface area contributed by atoms with Gasteiger partial charge >= 0.3 is 0 Å². The van der Waals surface area contributed by atoms with Gasteiger partial charge in [0.05, 0.1) is 0 Å². The summed E-state index contributed by atoms with van der Waals surface area (Å²) >= 11 is 6.00. The standard InChI is InChI=1S/C13H13ClN2/c14-11-3-1-2-9(6-11)12-7-10-4-5-15-8-13(10)16-12/h1-3,6-7,15-16H,4-5,8H2. The van der Waals surface area contributed by atoms with Gasteiger partial charge < -0.3 is 10.3 Å². The Labute approximate surface area is 99.6 Å². The molecule has 0 atom stereocenters. The molecule has 82 valence electrons. The number of fused-ring (bicyclic) bond motifs is 1. The maximum absolute atomic E-state index is 6.00. The first-order chi connectivity index (χ1) is 7.83. The number of halogens is 1. The lowest BCUT2D eigenvalue weighted by Gasteiger charge is -2.11. The molecule has 1 aromatic heterocycles. The number of aromatic amines is 1. The molecule has 1 aliphatic heterocycles. The van der Waals surface area contributed by atoms with Crippen LogP contribution in [0.3, 0.4) is 0 Å². The van der Waals surface area contributed by atoms with Gasteiger partial charge in [-0.2, -0.15) is 0 Å². The molecule has 0 bridgehead atoms. The Morgan fingerprint density at radius 3 is 2.94 bits per heavy atom. The Balaban J connectivity index is 2.03. The zero-order valence-electron chi connectivity index (χ0n) is 8.89. The summed E-state index contributed by atoms with van der Waals surface area (Å²) in [6.45, 7) is 2.01. The van der Waals surface area contributed by atoms with Crippen LogP contribution in [0.5, 0.6) is 0 Å². The van der Waals surface area contributed by atoms with Crippen LogP contribution in [0, 0.1) is 0 Å². The molecule has 0 amide bonds. The molecule has 2 aromatic rings. The van der Waals surface area contributed by atoms with Gasteiger partial charge in [-0.1, -0.05) is 23.7 Å². The highest BCUT2D eigenvalue weighted by Crippen LogP contribution is 2.25. The second-order valence-corrected chi connectivity index (χ2v) is 4.56. The van der Waals surface area contributed by atoms with Crippen molar-refractivity contribution in [2.45, 2.75) is 13.0 Å². The van der Waals surface area contributed by atoms with E-state index in [0.717, 1.165) is 35.8 Å². The summed E-state index contributed by atoms with van der Waals surface area (Å²) in [5.41, 5.74) is 5.05. The number of hydrogen-bond donors (Lipinski definition) is 2. The molecular weight excluding hydrogens is 220 g/mol. The first-order valence-electron chi connectivity index (χ1n) is 5.50. The molecular formula is C13H13ClN2. The Morgan fingerprint density at radius 2 is 2.12 bits per heavy atom. The third kappa shape index (κ3) is 1.75. The molecule has 3 heteroatoms. The topological polar surface area (TPSA) is 27.8 Å². The van der Waals surface area contributed by atoms with Crippen molar-refractivity contribution in [3.63, 3.8) is 0 Å². The van der Waals surface area contributed by atoms with E-state index in [-0.39, 0.29) is 0 Å². The second kappa shape index (κ2) is 3.96. The predicted octanol–water partition coefficient (Wildman–Crippen LogP) is 2.98. The summed E-state index contributed by atoms with van der Waals surface area (Å²) in [4.78, 5) is 3.46. The van der Waals surface area contributed by atoms with Gasteiger partial charge in [0.15, 0.2) is 0 Å². The predicted molar refractivity (Wildman–Crippen MR) is 66.6 cm³/mol. The van der Waals surface area contributed by atoms with Crippen LogP contribution in [-0.4, -0.2) is 11.5 Å². The van der Waals surface area contributed by atoms with E-state index in [2.05, 4.69) is 22.4 Å². The van der Waals surface area contributed by atoms with Crippen molar-refractivity contribution in [2.75, 3.05) is 6.54 Å². The van der Waals surface area contributed by atoms with E-state index < -0.39 is 0 Å². The third-order valence-electron chi connectivity index (χ3n) is 3.00. The molecule has 0 fully saturated rings. The largest absolute Gasteiger partial charge is 0.357 e. The first-order valence-corrected chi connectivity index (χ1v) is 5.88. The maximum Gasteiger partial charge on any atom is 0.0459 e. The first kappa shape index (κ1) is 9.94. The summed E-state index contributed by atoms with van der Waals surface area (Å²) in [7, 11) is 0. The Bertz CT molecular complexity index is 493. The van der Waals surface area contributed by atoms with Crippen molar-refractivity contribution in [2.24, 2.45) is 0 Å². The zero-order valence-corrected chi connectivity index (χ0v) is 9.64. The minimum atomic E-state index is 0.781. The normalized spacial score (nSPS) is 14.8. The molecule has 2 heterocycles. The monoisotopic (exact) mass is 232 g/mol. The lowest BCUT2D eigenvalue weighted by Crippen LogP contribution is -2.22. The number of hydrogen-bond acceptors (Lipinski definition) is 1. The SMILES string of the molecule is Clc1cccc(-c2cc3c([nH]2)CNCC3)c1. The fourth-order valence-electron chi connectivity index (χ4n) is 2.17. The van der Waals surface area contributed by atoms with Crippen molar-refractivity contribution >= 4 is 11.6 Å². The van der Waals surface area contributed by atoms with Crippen LogP contribution in [0.15, 0.2) is 30.3 Å². The highest BCUT2D eigenvalue weighted by Gasteiger charge is 2.12. The number of aromatic nitrogens is 1. The van der Waals surface area contributed by atoms with E-state index in [4.69, 9.17) is 11.6 Å². The molecule has 0 saturated heterocycles. The number of H-pyrrole nitrogens is 1. The van der Waals surface area contributed by atoms with E-state index >= 15 is 0 Å². The van der Waals surface area contributed by atoms with E-state index in [1.165, 1.54) is 11.3 Å². The summed E-state index contributed by atoms with van der Waals surface area (Å²) < 4.78 is 0. The average molecular weight is 233 g/mol. The zero-order chi connectivity index (χ0) is 11.0. The minimum Gasteiger partial charge on any atom is -0.357 e. The van der Waals surface area contributed by atoms with Crippen LogP contribution in [0.25, 0.3) is 11.3 Å². The van der Waals surface area contributed by atoms with Gasteiger partial charge in [-0.25, -0.2) is 0 Å². The highest BCUT2D eigenvalue weighted by molar-refractivity contribution is 6.30. The molecule has 0 unspecified atom stereocenters. The van der Waals surface area contributed by atoms with Gasteiger partial charge in [-0.05, 0) is 42.3 Å². The van der Waals surface area contributed by atoms with Crippen LogP contribution in [0.2, 0.25) is 5.02 Å². The smallest absolute Gasteiger partial charge is 0.0459 e. The molecule has 2 nitrogen and oxygen atoms in total. The fourth-order valence-corrected chi connectivity index (χ4v) is 2.36. The summed E-state index contributed by atoms with van der Waals surface area (Å²) in [6, 6.07) is 10.2. The number of nitrogens with one attached hydrogen (secondary N) is 2. The summed E-state index contributed by atoms with van der Waals surface area (Å²) in [5.74, 6) is 0. The van der Waals surface area contributed by atoms with Gasteiger partial charge in [-0.15, -0.1) is 0 Å². The van der Waals surface area contributed by atoms with Gasteiger partial charge in [0.2, 0.25) is 0 Å². The van der Waals surface area contributed by atoms with Crippen LogP contribution in [-0.2, 0) is 13.0 Å². The molecule has 1 aliphatic rings.